The highest BCUT2D eigenvalue weighted by molar-refractivity contribution is 5.71. The van der Waals surface area contributed by atoms with Gasteiger partial charge in [0.05, 0.1) is 11.4 Å². The Balaban J connectivity index is 1.77. The van der Waals surface area contributed by atoms with E-state index < -0.39 is 0 Å². The Morgan fingerprint density at radius 2 is 1.95 bits per heavy atom. The maximum absolute atomic E-state index is 3.57. The Kier molecular flexibility index (Phi) is 3.95. The molecule has 1 heterocycles. The van der Waals surface area contributed by atoms with Crippen molar-refractivity contribution in [1.82, 2.24) is 0 Å². The minimum atomic E-state index is 0.767. The van der Waals surface area contributed by atoms with Crippen LogP contribution in [-0.4, -0.2) is 19.1 Å². The lowest BCUT2D eigenvalue weighted by Gasteiger charge is -2.38. The van der Waals surface area contributed by atoms with Crippen LogP contribution in [0.5, 0.6) is 0 Å². The molecule has 1 aliphatic heterocycles. The van der Waals surface area contributed by atoms with Crippen LogP contribution in [0.15, 0.2) is 24.3 Å². The Morgan fingerprint density at radius 3 is 2.74 bits per heavy atom. The van der Waals surface area contributed by atoms with Gasteiger partial charge in [0, 0.05) is 19.1 Å². The van der Waals surface area contributed by atoms with Gasteiger partial charge < -0.3 is 10.2 Å². The molecule has 0 bridgehead atoms. The van der Waals surface area contributed by atoms with Gasteiger partial charge in [-0.15, -0.1) is 0 Å². The first-order valence-corrected chi connectivity index (χ1v) is 7.98. The zero-order chi connectivity index (χ0) is 13.1. The summed E-state index contributed by atoms with van der Waals surface area (Å²) >= 11 is 0. The average molecular weight is 258 g/mol. The van der Waals surface area contributed by atoms with Crippen molar-refractivity contribution in [3.63, 3.8) is 0 Å². The Bertz CT molecular complexity index is 407. The van der Waals surface area contributed by atoms with E-state index in [0.717, 1.165) is 18.5 Å². The van der Waals surface area contributed by atoms with Crippen molar-refractivity contribution in [3.8, 4) is 0 Å². The SMILES string of the molecule is CCC1CCC(N2CCCNc3ccccc32)CC1. The number of hydrogen-bond donors (Lipinski definition) is 1. The Morgan fingerprint density at radius 1 is 1.16 bits per heavy atom. The average Bonchev–Trinajstić information content (AvgIpc) is 2.70. The van der Waals surface area contributed by atoms with Crippen LogP contribution >= 0.6 is 0 Å². The van der Waals surface area contributed by atoms with E-state index in [9.17, 15) is 0 Å². The standard InChI is InChI=1S/C17H26N2/c1-2-14-8-10-15(11-9-14)19-13-5-12-18-16-6-3-4-7-17(16)19/h3-4,6-7,14-15,18H,2,5,8-13H2,1H3. The van der Waals surface area contributed by atoms with Gasteiger partial charge in [0.15, 0.2) is 0 Å². The first kappa shape index (κ1) is 12.8. The van der Waals surface area contributed by atoms with Crippen LogP contribution in [0.2, 0.25) is 0 Å². The van der Waals surface area contributed by atoms with E-state index in [-0.39, 0.29) is 0 Å². The first-order valence-electron chi connectivity index (χ1n) is 7.98. The fourth-order valence-electron chi connectivity index (χ4n) is 3.71. The molecule has 0 unspecified atom stereocenters. The summed E-state index contributed by atoms with van der Waals surface area (Å²) in [5.74, 6) is 0.983. The number of benzene rings is 1. The number of anilines is 2. The summed E-state index contributed by atoms with van der Waals surface area (Å²) in [7, 11) is 0. The summed E-state index contributed by atoms with van der Waals surface area (Å²) in [4.78, 5) is 2.68. The maximum atomic E-state index is 3.57. The molecule has 1 saturated carbocycles. The zero-order valence-corrected chi connectivity index (χ0v) is 12.1. The van der Waals surface area contributed by atoms with Gasteiger partial charge in [-0.3, -0.25) is 0 Å². The molecule has 3 rings (SSSR count). The summed E-state index contributed by atoms with van der Waals surface area (Å²) in [6.45, 7) is 4.67. The van der Waals surface area contributed by atoms with E-state index in [1.54, 1.807) is 0 Å². The molecule has 0 atom stereocenters. The van der Waals surface area contributed by atoms with Crippen molar-refractivity contribution in [2.75, 3.05) is 23.3 Å². The first-order chi connectivity index (χ1) is 9.38. The second-order valence-electron chi connectivity index (χ2n) is 6.07. The van der Waals surface area contributed by atoms with Crippen molar-refractivity contribution < 1.29 is 0 Å². The third-order valence-corrected chi connectivity index (χ3v) is 4.94. The Hall–Kier alpha value is -1.18. The fourth-order valence-corrected chi connectivity index (χ4v) is 3.71. The van der Waals surface area contributed by atoms with Crippen LogP contribution < -0.4 is 10.2 Å². The molecule has 1 aromatic rings. The molecule has 104 valence electrons. The zero-order valence-electron chi connectivity index (χ0n) is 12.1. The van der Waals surface area contributed by atoms with E-state index in [4.69, 9.17) is 0 Å². The molecule has 2 heteroatoms. The van der Waals surface area contributed by atoms with Crippen LogP contribution in [0.1, 0.15) is 45.4 Å². The molecule has 1 fully saturated rings. The summed E-state index contributed by atoms with van der Waals surface area (Å²) in [6, 6.07) is 9.61. The van der Waals surface area contributed by atoms with Gasteiger partial charge >= 0.3 is 0 Å². The van der Waals surface area contributed by atoms with Gasteiger partial charge in [0.25, 0.3) is 0 Å². The lowest BCUT2D eigenvalue weighted by atomic mass is 9.83. The Labute approximate surface area is 117 Å². The highest BCUT2D eigenvalue weighted by Gasteiger charge is 2.27. The number of fused-ring (bicyclic) bond motifs is 1. The number of rotatable bonds is 2. The molecule has 0 radical (unpaired) electrons. The molecule has 1 aliphatic carbocycles. The second-order valence-corrected chi connectivity index (χ2v) is 6.07. The van der Waals surface area contributed by atoms with Crippen LogP contribution in [0.25, 0.3) is 0 Å². The highest BCUT2D eigenvalue weighted by atomic mass is 15.2. The molecule has 0 spiro atoms. The maximum Gasteiger partial charge on any atom is 0.0604 e. The lowest BCUT2D eigenvalue weighted by molar-refractivity contribution is 0.308. The topological polar surface area (TPSA) is 15.3 Å². The molecule has 2 aliphatic rings. The highest BCUT2D eigenvalue weighted by Crippen LogP contribution is 2.36. The van der Waals surface area contributed by atoms with Crippen LogP contribution in [0.4, 0.5) is 11.4 Å². The van der Waals surface area contributed by atoms with Crippen LogP contribution in [0, 0.1) is 5.92 Å². The number of para-hydroxylation sites is 2. The van der Waals surface area contributed by atoms with Gasteiger partial charge in [0.2, 0.25) is 0 Å². The van der Waals surface area contributed by atoms with E-state index in [0.29, 0.717) is 0 Å². The van der Waals surface area contributed by atoms with E-state index in [1.807, 2.05) is 0 Å². The van der Waals surface area contributed by atoms with Crippen molar-refractivity contribution in [2.24, 2.45) is 5.92 Å². The molecular weight excluding hydrogens is 232 g/mol. The quantitative estimate of drug-likeness (QED) is 0.852. The van der Waals surface area contributed by atoms with Crippen molar-refractivity contribution >= 4 is 11.4 Å². The normalized spacial score (nSPS) is 27.3. The molecule has 2 nitrogen and oxygen atoms in total. The van der Waals surface area contributed by atoms with E-state index in [2.05, 4.69) is 41.4 Å². The predicted octanol–water partition coefficient (Wildman–Crippen LogP) is 4.28. The van der Waals surface area contributed by atoms with Crippen molar-refractivity contribution in [1.29, 1.82) is 0 Å². The summed E-state index contributed by atoms with van der Waals surface area (Å²) in [5.41, 5.74) is 2.76. The number of nitrogens with one attached hydrogen (secondary N) is 1. The molecule has 0 saturated heterocycles. The van der Waals surface area contributed by atoms with Crippen molar-refractivity contribution in [3.05, 3.63) is 24.3 Å². The second kappa shape index (κ2) is 5.85. The van der Waals surface area contributed by atoms with E-state index >= 15 is 0 Å². The minimum Gasteiger partial charge on any atom is -0.383 e. The molecule has 0 amide bonds. The lowest BCUT2D eigenvalue weighted by Crippen LogP contribution is -2.38. The largest absolute Gasteiger partial charge is 0.383 e. The molecule has 1 aromatic carbocycles. The van der Waals surface area contributed by atoms with Gasteiger partial charge in [-0.05, 0) is 50.2 Å². The molecule has 0 aromatic heterocycles. The minimum absolute atomic E-state index is 0.767. The van der Waals surface area contributed by atoms with E-state index in [1.165, 1.54) is 56.4 Å². The summed E-state index contributed by atoms with van der Waals surface area (Å²) in [5, 5.41) is 3.57. The molecule has 19 heavy (non-hydrogen) atoms. The van der Waals surface area contributed by atoms with Gasteiger partial charge in [-0.2, -0.15) is 0 Å². The van der Waals surface area contributed by atoms with Crippen LogP contribution in [-0.2, 0) is 0 Å². The summed E-state index contributed by atoms with van der Waals surface area (Å²) < 4.78 is 0. The predicted molar refractivity (Wildman–Crippen MR) is 82.9 cm³/mol. The smallest absolute Gasteiger partial charge is 0.0604 e. The molecule has 1 N–H and O–H groups in total. The van der Waals surface area contributed by atoms with Crippen molar-refractivity contribution in [2.45, 2.75) is 51.5 Å². The molecular formula is C17H26N2. The van der Waals surface area contributed by atoms with Gasteiger partial charge in [-0.25, -0.2) is 0 Å². The monoisotopic (exact) mass is 258 g/mol. The van der Waals surface area contributed by atoms with Gasteiger partial charge in [0.1, 0.15) is 0 Å². The third kappa shape index (κ3) is 2.72. The van der Waals surface area contributed by atoms with Gasteiger partial charge in [-0.1, -0.05) is 25.5 Å². The fraction of sp³-hybridized carbons (Fsp3) is 0.647. The third-order valence-electron chi connectivity index (χ3n) is 4.94. The van der Waals surface area contributed by atoms with Crippen LogP contribution in [0.3, 0.4) is 0 Å². The number of nitrogens with zero attached hydrogens (tertiary/aromatic N) is 1. The summed E-state index contributed by atoms with van der Waals surface area (Å²) in [6.07, 6.45) is 8.23. The number of hydrogen-bond acceptors (Lipinski definition) is 2.